The molecule has 2 atom stereocenters. The Morgan fingerprint density at radius 3 is 2.33 bits per heavy atom. The summed E-state index contributed by atoms with van der Waals surface area (Å²) in [5.74, 6) is -0.911. The zero-order valence-electron chi connectivity index (χ0n) is 25.4. The molecule has 0 spiro atoms. The number of carbonyl (C=O) groups excluding carboxylic acids is 3. The van der Waals surface area contributed by atoms with E-state index in [4.69, 9.17) is 9.63 Å². The molecule has 2 N–H and O–H groups in total. The van der Waals surface area contributed by atoms with E-state index in [1.807, 2.05) is 51.8 Å². The maximum Gasteiger partial charge on any atom is 0.368 e. The molecule has 0 saturated carbocycles. The number of rotatable bonds is 9. The van der Waals surface area contributed by atoms with Crippen molar-refractivity contribution in [2.75, 3.05) is 26.3 Å². The Morgan fingerprint density at radius 2 is 1.64 bits per heavy atom. The van der Waals surface area contributed by atoms with Crippen molar-refractivity contribution >= 4 is 31.8 Å². The van der Waals surface area contributed by atoms with Crippen LogP contribution in [0, 0.1) is 5.92 Å². The number of fused-ring (bicyclic) bond motifs is 2. The number of ketones is 2. The van der Waals surface area contributed by atoms with Gasteiger partial charge in [0, 0.05) is 43.0 Å². The van der Waals surface area contributed by atoms with Gasteiger partial charge in [-0.25, -0.2) is 4.79 Å². The Labute approximate surface area is 250 Å². The quantitative estimate of drug-likeness (QED) is 0.387. The highest BCUT2D eigenvalue weighted by Gasteiger charge is 2.49. The van der Waals surface area contributed by atoms with Crippen molar-refractivity contribution in [2.45, 2.75) is 73.0 Å². The number of phenols is 1. The van der Waals surface area contributed by atoms with Crippen LogP contribution in [-0.2, 0) is 56.2 Å². The molecule has 1 fully saturated rings. The lowest BCUT2D eigenvalue weighted by atomic mass is 9.97. The molecule has 2 aromatic carbocycles. The van der Waals surface area contributed by atoms with Crippen molar-refractivity contribution in [3.05, 3.63) is 64.2 Å². The minimum Gasteiger partial charge on any atom is -0.508 e. The molecule has 2 heterocycles. The summed E-state index contributed by atoms with van der Waals surface area (Å²) in [5.41, 5.74) is 4.55. The van der Waals surface area contributed by atoms with Gasteiger partial charge in [-0.1, -0.05) is 52.0 Å². The van der Waals surface area contributed by atoms with Crippen molar-refractivity contribution < 1.29 is 38.2 Å². The van der Waals surface area contributed by atoms with E-state index in [1.54, 1.807) is 18.2 Å². The Kier molecular flexibility index (Phi) is 11.8. The molecule has 1 saturated heterocycles. The molecule has 0 bridgehead atoms. The van der Waals surface area contributed by atoms with Crippen LogP contribution in [0.2, 0.25) is 0 Å². The van der Waals surface area contributed by atoms with Crippen molar-refractivity contribution in [3.8, 4) is 5.75 Å². The third-order valence-electron chi connectivity index (χ3n) is 7.57. The maximum absolute atomic E-state index is 13.2. The number of likely N-dealkylation sites (N-methyl/N-ethyl adjacent to an activating group) is 1. The maximum atomic E-state index is 13.2. The normalized spacial score (nSPS) is 20.7. The zero-order chi connectivity index (χ0) is 31.0. The van der Waals surface area contributed by atoms with Crippen LogP contribution < -0.4 is 0 Å². The van der Waals surface area contributed by atoms with Crippen LogP contribution in [-0.4, -0.2) is 69.2 Å². The number of phenolic OH excluding ortho intramolecular Hbond substituents is 1. The number of carboxylic acid groups (broad SMARTS) is 1. The fraction of sp³-hybridized carbons (Fsp3) is 0.500. The lowest BCUT2D eigenvalue weighted by Crippen LogP contribution is -2.40. The van der Waals surface area contributed by atoms with E-state index in [0.29, 0.717) is 48.7 Å². The molecular weight excluding hydrogens is 555 g/mol. The van der Waals surface area contributed by atoms with Crippen LogP contribution in [0.25, 0.3) is 0 Å². The van der Waals surface area contributed by atoms with Gasteiger partial charge in [-0.05, 0) is 41.7 Å². The number of Topliss-reactive ketones (excluding diaryl/α,β-unsaturated/α-hetero) is 2. The zero-order valence-corrected chi connectivity index (χ0v) is 26.3. The number of nitrogens with zero attached hydrogens (tertiary/aromatic N) is 2. The largest absolute Gasteiger partial charge is 0.508 e. The lowest BCUT2D eigenvalue weighted by molar-refractivity contribution is -0.789. The van der Waals surface area contributed by atoms with E-state index in [9.17, 15) is 24.3 Å². The fourth-order valence-corrected chi connectivity index (χ4v) is 7.15. The molecule has 1 unspecified atom stereocenters. The number of carbonyl (C=O) groups is 4. The minimum absolute atomic E-state index is 0.00975. The highest BCUT2D eigenvalue weighted by atomic mass is 31.2. The van der Waals surface area contributed by atoms with E-state index >= 15 is 0 Å². The summed E-state index contributed by atoms with van der Waals surface area (Å²) >= 11 is 0. The molecule has 0 aliphatic carbocycles. The SMILES string of the molecule is CC.CC(C)C(=O)CCc1ccc2c(c1)C[N+]1(C)CC(=O)O[P@@]1CC(=O)CN(Cc1cc(CCC(=O)O)ccc1O)C2. The average molecular weight is 600 g/mol. The number of aryl methyl sites for hydroxylation is 2. The first-order valence-electron chi connectivity index (χ1n) is 14.6. The molecule has 0 amide bonds. The predicted molar refractivity (Wildman–Crippen MR) is 162 cm³/mol. The Hall–Kier alpha value is -3.13. The van der Waals surface area contributed by atoms with Gasteiger partial charge in [0.2, 0.25) is 0 Å². The number of quaternary nitrogens is 1. The molecule has 0 radical (unpaired) electrons. The lowest BCUT2D eigenvalue weighted by Gasteiger charge is -2.34. The summed E-state index contributed by atoms with van der Waals surface area (Å²) in [6.07, 6.45) is 1.60. The highest BCUT2D eigenvalue weighted by Crippen LogP contribution is 2.53. The van der Waals surface area contributed by atoms with Crippen LogP contribution in [0.1, 0.15) is 68.4 Å². The molecule has 2 aromatic rings. The summed E-state index contributed by atoms with van der Waals surface area (Å²) < 4.78 is 6.04. The third-order valence-corrected chi connectivity index (χ3v) is 9.97. The number of hydrogen-bond donors (Lipinski definition) is 2. The summed E-state index contributed by atoms with van der Waals surface area (Å²) in [7, 11) is 0.613. The summed E-state index contributed by atoms with van der Waals surface area (Å²) in [6.45, 7) is 9.44. The Bertz CT molecular complexity index is 1310. The van der Waals surface area contributed by atoms with Crippen LogP contribution in [0.5, 0.6) is 5.75 Å². The van der Waals surface area contributed by atoms with Crippen molar-refractivity contribution in [3.63, 3.8) is 0 Å². The van der Waals surface area contributed by atoms with Gasteiger partial charge >= 0.3 is 20.2 Å². The summed E-state index contributed by atoms with van der Waals surface area (Å²) in [6, 6.07) is 11.3. The molecule has 228 valence electrons. The molecule has 0 aromatic heterocycles. The molecular formula is C32H44N2O7P+. The van der Waals surface area contributed by atoms with Gasteiger partial charge in [-0.2, -0.15) is 0 Å². The van der Waals surface area contributed by atoms with Crippen LogP contribution in [0.4, 0.5) is 0 Å². The summed E-state index contributed by atoms with van der Waals surface area (Å²) in [4.78, 5) is 50.8. The van der Waals surface area contributed by atoms with E-state index in [2.05, 4.69) is 6.07 Å². The van der Waals surface area contributed by atoms with Crippen LogP contribution in [0.15, 0.2) is 36.4 Å². The van der Waals surface area contributed by atoms with E-state index in [-0.39, 0.29) is 54.9 Å². The molecule has 4 rings (SSSR count). The van der Waals surface area contributed by atoms with Gasteiger partial charge in [0.05, 0.1) is 13.6 Å². The Balaban J connectivity index is 0.00000237. The van der Waals surface area contributed by atoms with Gasteiger partial charge in [0.1, 0.15) is 24.2 Å². The molecule has 9 nitrogen and oxygen atoms in total. The minimum atomic E-state index is -1.36. The van der Waals surface area contributed by atoms with E-state index < -0.39 is 14.3 Å². The summed E-state index contributed by atoms with van der Waals surface area (Å²) in [5, 5.41) is 19.6. The predicted octanol–water partition coefficient (Wildman–Crippen LogP) is 4.99. The fourth-order valence-electron chi connectivity index (χ4n) is 5.27. The first-order valence-corrected chi connectivity index (χ1v) is 16.0. The van der Waals surface area contributed by atoms with Crippen molar-refractivity contribution in [1.29, 1.82) is 0 Å². The smallest absolute Gasteiger partial charge is 0.368 e. The molecule has 2 aliphatic heterocycles. The highest BCUT2D eigenvalue weighted by molar-refractivity contribution is 7.48. The van der Waals surface area contributed by atoms with Crippen molar-refractivity contribution in [1.82, 2.24) is 4.90 Å². The van der Waals surface area contributed by atoms with Crippen LogP contribution in [0.3, 0.4) is 0 Å². The second-order valence-electron chi connectivity index (χ2n) is 11.4. The number of aromatic hydroxyl groups is 1. The van der Waals surface area contributed by atoms with Gasteiger partial charge in [-0.3, -0.25) is 23.5 Å². The Morgan fingerprint density at radius 1 is 0.976 bits per heavy atom. The number of hydrogen-bond acceptors (Lipinski definition) is 7. The van der Waals surface area contributed by atoms with E-state index in [0.717, 1.165) is 22.3 Å². The topological polar surface area (TPSA) is 121 Å². The number of benzene rings is 2. The number of aliphatic carboxylic acids is 1. The number of carboxylic acids is 1. The average Bonchev–Trinajstić information content (AvgIpc) is 3.21. The monoisotopic (exact) mass is 599 g/mol. The first kappa shape index (κ1) is 33.4. The first-order chi connectivity index (χ1) is 19.9. The molecule has 42 heavy (non-hydrogen) atoms. The van der Waals surface area contributed by atoms with Gasteiger partial charge < -0.3 is 14.7 Å². The van der Waals surface area contributed by atoms with Gasteiger partial charge in [0.25, 0.3) is 0 Å². The second kappa shape index (κ2) is 14.9. The third kappa shape index (κ3) is 8.93. The molecule has 10 heteroatoms. The van der Waals surface area contributed by atoms with Gasteiger partial charge in [0.15, 0.2) is 12.3 Å². The molecule has 2 aliphatic rings. The van der Waals surface area contributed by atoms with Gasteiger partial charge in [-0.15, -0.1) is 0 Å². The van der Waals surface area contributed by atoms with E-state index in [1.165, 1.54) is 0 Å². The van der Waals surface area contributed by atoms with Crippen LogP contribution >= 0.6 is 8.30 Å². The van der Waals surface area contributed by atoms with Crippen molar-refractivity contribution in [2.24, 2.45) is 5.92 Å². The second-order valence-corrected chi connectivity index (χ2v) is 13.6. The standard InChI is InChI=1S/C30H37N2O7P.C2H6/c1-20(2)27(34)9-5-21-4-8-23-14-31(15-24-12-22(6-10-28(24)35)7-11-29(36)37)16-26(33)19-40-32(3,17-25(23)13-21)18-30(38)39-40;1-2/h4,6,8,10,12-13,20H,5,7,9,11,14-19H2,1-3H3,(H-,35,36,37);1-2H3/p+1/t32?,40-;/m0./s1.